The summed E-state index contributed by atoms with van der Waals surface area (Å²) in [5.41, 5.74) is 6.69. The summed E-state index contributed by atoms with van der Waals surface area (Å²) >= 11 is 0. The van der Waals surface area contributed by atoms with E-state index in [1.807, 2.05) is 30.3 Å². The van der Waals surface area contributed by atoms with Gasteiger partial charge in [0, 0.05) is 5.57 Å². The number of carbonyl (C=O) groups excluding carboxylic acids is 3. The van der Waals surface area contributed by atoms with Crippen molar-refractivity contribution in [3.8, 4) is 0 Å². The number of hydrogen-bond donors (Lipinski definition) is 1. The highest BCUT2D eigenvalue weighted by Crippen LogP contribution is 2.24. The molecule has 7 heteroatoms. The van der Waals surface area contributed by atoms with E-state index in [1.165, 1.54) is 6.92 Å². The normalized spacial score (nSPS) is 26.6. The summed E-state index contributed by atoms with van der Waals surface area (Å²) in [6.07, 6.45) is -1.65. The second kappa shape index (κ2) is 8.62. The average molecular weight is 361 g/mol. The Morgan fingerprint density at radius 2 is 1.92 bits per heavy atom. The molecule has 1 heterocycles. The van der Waals surface area contributed by atoms with Crippen LogP contribution in [-0.4, -0.2) is 42.8 Å². The minimum absolute atomic E-state index is 0.173. The molecule has 0 bridgehead atoms. The monoisotopic (exact) mass is 361 g/mol. The first-order chi connectivity index (χ1) is 12.3. The Balaban J connectivity index is 2.36. The standard InChI is InChI=1S/C19H23NO6/c1-11(2)17(21)26-16-12(3)25-19(23)15(20)10-24-18(22)14(16)9-13-7-5-4-6-8-13/h4-8,12,14-16H,1,9-10,20H2,2-3H3. The van der Waals surface area contributed by atoms with Gasteiger partial charge in [-0.05, 0) is 25.8 Å². The molecule has 1 aromatic carbocycles. The van der Waals surface area contributed by atoms with Gasteiger partial charge in [-0.25, -0.2) is 4.79 Å². The molecule has 4 atom stereocenters. The molecule has 0 aliphatic carbocycles. The van der Waals surface area contributed by atoms with E-state index < -0.39 is 42.1 Å². The van der Waals surface area contributed by atoms with Crippen LogP contribution < -0.4 is 5.73 Å². The quantitative estimate of drug-likeness (QED) is 0.487. The third-order valence-corrected chi connectivity index (χ3v) is 4.06. The molecule has 1 fully saturated rings. The molecule has 7 nitrogen and oxygen atoms in total. The number of rotatable bonds is 4. The van der Waals surface area contributed by atoms with E-state index in [0.29, 0.717) is 0 Å². The predicted octanol–water partition coefficient (Wildman–Crippen LogP) is 1.15. The fraction of sp³-hybridized carbons (Fsp3) is 0.421. The molecule has 4 unspecified atom stereocenters. The van der Waals surface area contributed by atoms with Crippen LogP contribution in [0.2, 0.25) is 0 Å². The summed E-state index contributed by atoms with van der Waals surface area (Å²) in [4.78, 5) is 36.6. The third-order valence-electron chi connectivity index (χ3n) is 4.06. The van der Waals surface area contributed by atoms with E-state index in [-0.39, 0.29) is 18.6 Å². The Morgan fingerprint density at radius 1 is 1.27 bits per heavy atom. The van der Waals surface area contributed by atoms with Crippen molar-refractivity contribution in [2.45, 2.75) is 38.5 Å². The molecule has 1 aliphatic rings. The van der Waals surface area contributed by atoms with Gasteiger partial charge in [-0.1, -0.05) is 36.9 Å². The number of carbonyl (C=O) groups is 3. The van der Waals surface area contributed by atoms with Gasteiger partial charge >= 0.3 is 17.9 Å². The topological polar surface area (TPSA) is 105 Å². The lowest BCUT2D eigenvalue weighted by molar-refractivity contribution is -0.171. The summed E-state index contributed by atoms with van der Waals surface area (Å²) < 4.78 is 15.9. The van der Waals surface area contributed by atoms with Crippen LogP contribution in [0.25, 0.3) is 0 Å². The highest BCUT2D eigenvalue weighted by molar-refractivity contribution is 5.87. The molecule has 0 amide bonds. The SMILES string of the molecule is C=C(C)C(=O)OC1C(C)OC(=O)C(N)COC(=O)C1Cc1ccccc1. The van der Waals surface area contributed by atoms with Crippen molar-refractivity contribution in [1.82, 2.24) is 0 Å². The van der Waals surface area contributed by atoms with Gasteiger partial charge in [-0.2, -0.15) is 0 Å². The predicted molar refractivity (Wildman–Crippen MR) is 92.8 cm³/mol. The smallest absolute Gasteiger partial charge is 0.333 e. The summed E-state index contributed by atoms with van der Waals surface area (Å²) in [5.74, 6) is -2.85. The van der Waals surface area contributed by atoms with E-state index >= 15 is 0 Å². The summed E-state index contributed by atoms with van der Waals surface area (Å²) in [7, 11) is 0. The lowest BCUT2D eigenvalue weighted by Crippen LogP contribution is -2.43. The zero-order valence-corrected chi connectivity index (χ0v) is 14.8. The van der Waals surface area contributed by atoms with E-state index in [4.69, 9.17) is 19.9 Å². The van der Waals surface area contributed by atoms with Gasteiger partial charge in [-0.15, -0.1) is 0 Å². The second-order valence-corrected chi connectivity index (χ2v) is 6.33. The van der Waals surface area contributed by atoms with Crippen molar-refractivity contribution in [2.24, 2.45) is 11.7 Å². The highest BCUT2D eigenvalue weighted by atomic mass is 16.6. The van der Waals surface area contributed by atoms with Gasteiger partial charge in [0.25, 0.3) is 0 Å². The van der Waals surface area contributed by atoms with Crippen LogP contribution in [0, 0.1) is 5.92 Å². The Morgan fingerprint density at radius 3 is 2.54 bits per heavy atom. The molecule has 26 heavy (non-hydrogen) atoms. The zero-order valence-electron chi connectivity index (χ0n) is 14.8. The lowest BCUT2D eigenvalue weighted by atomic mass is 9.91. The van der Waals surface area contributed by atoms with E-state index in [9.17, 15) is 14.4 Å². The van der Waals surface area contributed by atoms with Gasteiger partial charge in [0.1, 0.15) is 24.7 Å². The van der Waals surface area contributed by atoms with Crippen LogP contribution >= 0.6 is 0 Å². The van der Waals surface area contributed by atoms with Crippen LogP contribution in [0.4, 0.5) is 0 Å². The number of cyclic esters (lactones) is 2. The minimum atomic E-state index is -1.09. The second-order valence-electron chi connectivity index (χ2n) is 6.33. The fourth-order valence-corrected chi connectivity index (χ4v) is 2.62. The largest absolute Gasteiger partial charge is 0.463 e. The number of nitrogens with two attached hydrogens (primary N) is 1. The average Bonchev–Trinajstić information content (AvgIpc) is 2.64. The maximum Gasteiger partial charge on any atom is 0.333 e. The van der Waals surface area contributed by atoms with Gasteiger partial charge in [0.05, 0.1) is 0 Å². The number of benzene rings is 1. The van der Waals surface area contributed by atoms with Crippen LogP contribution in [0.3, 0.4) is 0 Å². The van der Waals surface area contributed by atoms with Crippen molar-refractivity contribution in [3.63, 3.8) is 0 Å². The molecular formula is C19H23NO6. The van der Waals surface area contributed by atoms with E-state index in [2.05, 4.69) is 6.58 Å². The molecule has 0 aromatic heterocycles. The Labute approximate surface area is 152 Å². The fourth-order valence-electron chi connectivity index (χ4n) is 2.62. The lowest BCUT2D eigenvalue weighted by Gasteiger charge is -2.29. The van der Waals surface area contributed by atoms with E-state index in [1.54, 1.807) is 6.92 Å². The van der Waals surface area contributed by atoms with Crippen LogP contribution in [-0.2, 0) is 35.0 Å². The summed E-state index contributed by atoms with van der Waals surface area (Å²) in [6, 6.07) is 8.13. The van der Waals surface area contributed by atoms with Crippen molar-refractivity contribution < 1.29 is 28.6 Å². The van der Waals surface area contributed by atoms with Crippen molar-refractivity contribution in [3.05, 3.63) is 48.0 Å². The molecule has 1 aromatic rings. The first kappa shape index (κ1) is 19.7. The molecule has 1 saturated heterocycles. The Bertz CT molecular complexity index is 687. The molecule has 2 rings (SSSR count). The minimum Gasteiger partial charge on any atom is -0.463 e. The van der Waals surface area contributed by atoms with Gasteiger partial charge in [-0.3, -0.25) is 9.59 Å². The first-order valence-corrected chi connectivity index (χ1v) is 8.32. The third kappa shape index (κ3) is 4.92. The first-order valence-electron chi connectivity index (χ1n) is 8.32. The Hall–Kier alpha value is -2.67. The molecule has 0 radical (unpaired) electrons. The summed E-state index contributed by atoms with van der Waals surface area (Å²) in [6.45, 7) is 6.30. The van der Waals surface area contributed by atoms with E-state index in [0.717, 1.165) is 5.56 Å². The molecule has 2 N–H and O–H groups in total. The number of esters is 3. The number of ether oxygens (including phenoxy) is 3. The Kier molecular flexibility index (Phi) is 6.52. The molecule has 0 spiro atoms. The van der Waals surface area contributed by atoms with Crippen molar-refractivity contribution in [2.75, 3.05) is 6.61 Å². The van der Waals surface area contributed by atoms with Gasteiger partial charge in [0.2, 0.25) is 0 Å². The van der Waals surface area contributed by atoms with Gasteiger partial charge in [0.15, 0.2) is 6.10 Å². The molecule has 0 saturated carbocycles. The maximum absolute atomic E-state index is 12.6. The van der Waals surface area contributed by atoms with Gasteiger partial charge < -0.3 is 19.9 Å². The van der Waals surface area contributed by atoms with Crippen LogP contribution in [0.5, 0.6) is 0 Å². The van der Waals surface area contributed by atoms with Crippen LogP contribution in [0.1, 0.15) is 19.4 Å². The van der Waals surface area contributed by atoms with Crippen LogP contribution in [0.15, 0.2) is 42.5 Å². The molecule has 1 aliphatic heterocycles. The molecular weight excluding hydrogens is 338 g/mol. The molecule has 140 valence electrons. The zero-order chi connectivity index (χ0) is 19.3. The number of hydrogen-bond acceptors (Lipinski definition) is 7. The van der Waals surface area contributed by atoms with Crippen molar-refractivity contribution in [1.29, 1.82) is 0 Å². The van der Waals surface area contributed by atoms with Crippen molar-refractivity contribution >= 4 is 17.9 Å². The maximum atomic E-state index is 12.6. The highest BCUT2D eigenvalue weighted by Gasteiger charge is 2.41. The summed E-state index contributed by atoms with van der Waals surface area (Å²) in [5, 5.41) is 0.